The molecule has 0 radical (unpaired) electrons. The summed E-state index contributed by atoms with van der Waals surface area (Å²) in [4.78, 5) is 141. The molecule has 2 saturated heterocycles. The Morgan fingerprint density at radius 2 is 0.359 bits per heavy atom. The molecule has 131 heavy (non-hydrogen) atoms. The van der Waals surface area contributed by atoms with E-state index in [0.717, 1.165) is 36.5 Å². The van der Waals surface area contributed by atoms with Gasteiger partial charge in [0.25, 0.3) is 0 Å². The molecule has 0 aromatic rings. The summed E-state index contributed by atoms with van der Waals surface area (Å²) >= 11 is 0. The van der Waals surface area contributed by atoms with Gasteiger partial charge in [-0.25, -0.2) is 43.0 Å². The molecule has 0 spiro atoms. The third kappa shape index (κ3) is 63.9. The number of ether oxygens (including phenoxy) is 14. The number of amides is 6. The van der Waals surface area contributed by atoms with Gasteiger partial charge in [-0.1, -0.05) is 39.5 Å². The number of carbonyl (C=O) groups excluding carboxylic acids is 12. The van der Waals surface area contributed by atoms with Crippen molar-refractivity contribution in [2.45, 2.75) is 191 Å². The minimum Gasteiger partial charge on any atom is -0.555 e. The van der Waals surface area contributed by atoms with E-state index in [-0.39, 0.29) is 193 Å². The first-order valence-corrected chi connectivity index (χ1v) is 64.2. The molecule has 0 aromatic heterocycles. The van der Waals surface area contributed by atoms with Crippen LogP contribution >= 0.6 is 0 Å². The molecule has 6 amide bonds. The van der Waals surface area contributed by atoms with Crippen LogP contribution in [0.3, 0.4) is 0 Å². The molecule has 4 unspecified atom stereocenters. The van der Waals surface area contributed by atoms with E-state index in [9.17, 15) is 57.5 Å². The average molecular weight is 2250 g/mol. The maximum atomic E-state index is 12.2. The van der Waals surface area contributed by atoms with E-state index in [2.05, 4.69) is 85.6 Å². The number of nitrogens with one attached hydrogen (secondary N) is 6. The standard InChI is InChI=1S/2C41H74N3O17Si4.Rf/c2*1-9-39(48)55-29-19-42-36(45)16-26-52-23-13-33-63(6)58-62(5,32-12-22-51-4)59-64(7,34-14-24-53-27-17-37(46)43-20-30-56-40(49)10-2)61-65(8,60-63)35-15-25-54-28-18-38(47)44-21-31-57-41(50)11-3;/h2*9-11H,1-4,12-35H2,5-8H3,(H,42,45)(H,43,46)(H,44,47);/q2*-1;. The van der Waals surface area contributed by atoms with Crippen LogP contribution in [0.5, 0.6) is 0 Å². The van der Waals surface area contributed by atoms with Crippen molar-refractivity contribution in [3.05, 3.63) is 90.1 Å². The number of hydrogen-bond donors (Lipinski definition) is 6. The van der Waals surface area contributed by atoms with Gasteiger partial charge in [0.2, 0.25) is 35.4 Å². The average Bonchev–Trinajstić information content (AvgIpc) is 0.771. The predicted octanol–water partition coefficient (Wildman–Crippen LogP) is 6.96. The van der Waals surface area contributed by atoms with Crippen molar-refractivity contribution in [3.63, 3.8) is 0 Å². The Bertz CT molecular complexity index is 3080. The number of carbonyl (C=O) groups is 12. The summed E-state index contributed by atoms with van der Waals surface area (Å²) in [6.07, 6.45) is 12.1. The summed E-state index contributed by atoms with van der Waals surface area (Å²) < 4.78 is 132. The zero-order chi connectivity index (χ0) is 96.9. The molecule has 2 aliphatic heterocycles. The van der Waals surface area contributed by atoms with Crippen molar-refractivity contribution < 1.29 is 157 Å². The Balaban J connectivity index is 0.00000256. The van der Waals surface area contributed by atoms with Crippen LogP contribution in [0.2, 0.25) is 101 Å². The third-order valence-corrected chi connectivity index (χ3v) is 56.4. The fraction of sp³-hybridized carbons (Fsp3) is 0.683. The normalized spacial score (nSPS) is 21.6. The minimum absolute atomic E-state index is 0. The van der Waals surface area contributed by atoms with Crippen LogP contribution in [0.25, 0.3) is 0 Å². The molecule has 0 aliphatic carbocycles. The maximum absolute atomic E-state index is 12.2. The Morgan fingerprint density at radius 1 is 0.229 bits per heavy atom. The molecule has 49 heteroatoms. The maximum Gasteiger partial charge on any atom is 0.330 e. The van der Waals surface area contributed by atoms with Gasteiger partial charge >= 0.3 is 104 Å². The molecule has 4 atom stereocenters. The van der Waals surface area contributed by atoms with Crippen LogP contribution in [0.4, 0.5) is 0 Å². The van der Waals surface area contributed by atoms with E-state index in [1.54, 1.807) is 0 Å². The summed E-state index contributed by atoms with van der Waals surface area (Å²) in [6, 6.07) is 4.69. The van der Waals surface area contributed by atoms with E-state index < -0.39 is 104 Å². The van der Waals surface area contributed by atoms with Crippen molar-refractivity contribution in [1.82, 2.24) is 31.9 Å². The van der Waals surface area contributed by atoms with Crippen molar-refractivity contribution in [1.29, 1.82) is 0 Å². The minimum atomic E-state index is -3.05. The Hall–Kier alpha value is -7.82. The van der Waals surface area contributed by atoms with Crippen molar-refractivity contribution in [2.75, 3.05) is 171 Å². The molecule has 746 valence electrons. The van der Waals surface area contributed by atoms with E-state index >= 15 is 0 Å². The van der Waals surface area contributed by atoms with Crippen molar-refractivity contribution >= 4 is 140 Å². The van der Waals surface area contributed by atoms with Gasteiger partial charge in [0.1, 0.15) is 39.6 Å². The van der Waals surface area contributed by atoms with Gasteiger partial charge in [-0.2, -0.15) is 0 Å². The van der Waals surface area contributed by atoms with Gasteiger partial charge < -0.3 is 131 Å². The summed E-state index contributed by atoms with van der Waals surface area (Å²) in [7, 11) is -17.0. The first-order chi connectivity index (χ1) is 61.9. The number of esters is 6. The molecule has 6 N–H and O–H groups in total. The molecular weight excluding hydrogens is 2100 g/mol. The zero-order valence-corrected chi connectivity index (χ0v) is 93.0. The SMILES string of the molecule is C=CC(=O)OCCNC(=O)CCOCCC[Si]1(C)O[Si](C)(CCCO[CH2-])O[Si](C)(CCCOCCC(=O)NCCOC(=O)C=C)O[Si](C)(CCCOCCC(=O)NCCOC(=O)C=C)O1.C=CC(=O)OCCNC(=O)CCOCCC[Si]1(C)O[Si](C)(CCCO[CH2-])O[Si](C)(CCCOCCC(=O)NCCOC(=O)C=C)O[Si](C)(CCCOCCC(=O)NCCOC(=O)C=C)O1.[Rf]. The molecule has 2 fully saturated rings. The monoisotopic (exact) mass is 2250 g/mol. The topological polar surface area (TPSA) is 480 Å². The van der Waals surface area contributed by atoms with Crippen LogP contribution in [0.15, 0.2) is 75.9 Å². The Morgan fingerprint density at radius 3 is 0.481 bits per heavy atom. The quantitative estimate of drug-likeness (QED) is 0.00894. The molecule has 0 bridgehead atoms. The Kier molecular flexibility index (Phi) is 67.4. The first-order valence-electron chi connectivity index (χ1n) is 44.0. The molecular formula is C82H148N6O34RfSi8-2. The van der Waals surface area contributed by atoms with E-state index in [1.807, 2.05) is 52.4 Å². The van der Waals surface area contributed by atoms with Gasteiger partial charge in [0, 0.05) is 128 Å². The molecule has 40 nitrogen and oxygen atoms in total. The third-order valence-electron chi connectivity index (χ3n) is 18.7. The van der Waals surface area contributed by atoms with Crippen LogP contribution in [-0.4, -0.2) is 311 Å². The summed E-state index contributed by atoms with van der Waals surface area (Å²) in [5.41, 5.74) is 0. The van der Waals surface area contributed by atoms with Crippen LogP contribution in [-0.2, 0) is 157 Å². The summed E-state index contributed by atoms with van der Waals surface area (Å²) in [6.45, 7) is 42.0. The molecule has 0 saturated carbocycles. The zero-order valence-electron chi connectivity index (χ0n) is 78.6. The molecule has 2 aliphatic rings. The molecule has 0 aromatic carbocycles. The second-order valence-electron chi connectivity index (χ2n) is 31.0. The second-order valence-corrected chi connectivity index (χ2v) is 59.7. The Labute approximate surface area is 776 Å². The summed E-state index contributed by atoms with van der Waals surface area (Å²) in [5.74, 6) is -4.70. The summed E-state index contributed by atoms with van der Waals surface area (Å²) in [5, 5.41) is 16.1. The van der Waals surface area contributed by atoms with Crippen LogP contribution < -0.4 is 31.9 Å². The van der Waals surface area contributed by atoms with Gasteiger partial charge in [-0.15, -0.1) is 0 Å². The fourth-order valence-electron chi connectivity index (χ4n) is 13.1. The second kappa shape index (κ2) is 71.7. The van der Waals surface area contributed by atoms with Crippen molar-refractivity contribution in [3.8, 4) is 0 Å². The van der Waals surface area contributed by atoms with Crippen molar-refractivity contribution in [2.24, 2.45) is 0 Å². The van der Waals surface area contributed by atoms with Gasteiger partial charge in [-0.3, -0.25) is 28.8 Å². The molecule has 2 heterocycles. The smallest absolute Gasteiger partial charge is 0.330 e. The van der Waals surface area contributed by atoms with Gasteiger partial charge in [0.05, 0.1) is 78.9 Å². The van der Waals surface area contributed by atoms with E-state index in [0.29, 0.717) is 153 Å². The van der Waals surface area contributed by atoms with Gasteiger partial charge in [0.15, 0.2) is 0 Å². The van der Waals surface area contributed by atoms with Crippen LogP contribution in [0.1, 0.15) is 89.9 Å². The molecule has 2 rings (SSSR count). The fourth-order valence-corrected chi connectivity index (χ4v) is 59.5. The van der Waals surface area contributed by atoms with E-state index in [4.69, 9.17) is 99.2 Å². The largest absolute Gasteiger partial charge is 0.555 e. The first kappa shape index (κ1) is 123. The van der Waals surface area contributed by atoms with E-state index in [1.165, 1.54) is 0 Å². The number of rotatable bonds is 74. The number of hydrogen-bond acceptors (Lipinski definition) is 34. The van der Waals surface area contributed by atoms with Gasteiger partial charge in [-0.05, 0) is 152 Å². The van der Waals surface area contributed by atoms with Crippen LogP contribution in [0, 0.1) is 14.2 Å². The predicted molar refractivity (Wildman–Crippen MR) is 497 cm³/mol.